The number of aryl methyl sites for hydroxylation is 2. The van der Waals surface area contributed by atoms with Gasteiger partial charge in [0.25, 0.3) is 5.69 Å². The van der Waals surface area contributed by atoms with Crippen molar-refractivity contribution in [2.75, 3.05) is 0 Å². The van der Waals surface area contributed by atoms with Gasteiger partial charge in [-0.2, -0.15) is 0 Å². The summed E-state index contributed by atoms with van der Waals surface area (Å²) in [7, 11) is -3.84. The molecule has 1 aliphatic rings. The molecule has 0 spiro atoms. The predicted octanol–water partition coefficient (Wildman–Crippen LogP) is 3.26. The van der Waals surface area contributed by atoms with Crippen LogP contribution in [0.4, 0.5) is 5.69 Å². The van der Waals surface area contributed by atoms with Gasteiger partial charge in [0.15, 0.2) is 0 Å². The Balaban J connectivity index is 1.96. The first-order valence-electron chi connectivity index (χ1n) is 7.73. The SMILES string of the molecule is Cc1ccc([N+](=O)[O-])cc1S(=O)(=O)N[C@@H]1CCCc2ccccc21. The van der Waals surface area contributed by atoms with E-state index in [1.165, 1.54) is 12.1 Å². The number of benzene rings is 2. The summed E-state index contributed by atoms with van der Waals surface area (Å²) < 4.78 is 28.3. The zero-order valence-corrected chi connectivity index (χ0v) is 14.0. The summed E-state index contributed by atoms with van der Waals surface area (Å²) in [5.74, 6) is 0. The molecule has 1 aliphatic carbocycles. The number of fused-ring (bicyclic) bond motifs is 1. The number of nitro benzene ring substituents is 1. The van der Waals surface area contributed by atoms with Crippen LogP contribution in [0.2, 0.25) is 0 Å². The smallest absolute Gasteiger partial charge is 0.258 e. The van der Waals surface area contributed by atoms with Crippen molar-refractivity contribution >= 4 is 15.7 Å². The van der Waals surface area contributed by atoms with Crippen LogP contribution in [0.3, 0.4) is 0 Å². The molecular formula is C17H18N2O4S. The second kappa shape index (κ2) is 6.33. The number of sulfonamides is 1. The molecule has 2 aromatic carbocycles. The summed E-state index contributed by atoms with van der Waals surface area (Å²) in [6, 6.07) is 11.4. The molecule has 24 heavy (non-hydrogen) atoms. The number of nitrogens with one attached hydrogen (secondary N) is 1. The lowest BCUT2D eigenvalue weighted by Gasteiger charge is -2.26. The van der Waals surface area contributed by atoms with Crippen LogP contribution < -0.4 is 4.72 Å². The first kappa shape index (κ1) is 16.6. The molecular weight excluding hydrogens is 328 g/mol. The van der Waals surface area contributed by atoms with Gasteiger partial charge in [-0.3, -0.25) is 10.1 Å². The maximum absolute atomic E-state index is 12.8. The summed E-state index contributed by atoms with van der Waals surface area (Å²) >= 11 is 0. The Bertz CT molecular complexity index is 893. The van der Waals surface area contributed by atoms with Crippen LogP contribution in [-0.2, 0) is 16.4 Å². The molecule has 3 rings (SSSR count). The van der Waals surface area contributed by atoms with E-state index in [0.717, 1.165) is 30.0 Å². The molecule has 0 aromatic heterocycles. The molecule has 2 aromatic rings. The second-order valence-corrected chi connectivity index (χ2v) is 7.65. The van der Waals surface area contributed by atoms with Crippen molar-refractivity contribution < 1.29 is 13.3 Å². The normalized spacial score (nSPS) is 17.3. The third kappa shape index (κ3) is 3.18. The van der Waals surface area contributed by atoms with Crippen LogP contribution in [0.5, 0.6) is 0 Å². The van der Waals surface area contributed by atoms with Gasteiger partial charge in [0.05, 0.1) is 9.82 Å². The zero-order chi connectivity index (χ0) is 17.3. The summed E-state index contributed by atoms with van der Waals surface area (Å²) in [5.41, 5.74) is 2.38. The van der Waals surface area contributed by atoms with E-state index in [2.05, 4.69) is 4.72 Å². The lowest BCUT2D eigenvalue weighted by molar-refractivity contribution is -0.385. The Morgan fingerprint density at radius 1 is 1.21 bits per heavy atom. The Hall–Kier alpha value is -2.25. The van der Waals surface area contributed by atoms with Crippen molar-refractivity contribution in [1.29, 1.82) is 0 Å². The van der Waals surface area contributed by atoms with Gasteiger partial charge < -0.3 is 0 Å². The quantitative estimate of drug-likeness (QED) is 0.680. The standard InChI is InChI=1S/C17H18N2O4S/c1-12-9-10-14(19(20)21)11-17(12)24(22,23)18-16-8-4-6-13-5-2-3-7-15(13)16/h2-3,5,7,9-11,16,18H,4,6,8H2,1H3/t16-/m1/s1. The monoisotopic (exact) mass is 346 g/mol. The van der Waals surface area contributed by atoms with E-state index in [0.29, 0.717) is 12.0 Å². The summed E-state index contributed by atoms with van der Waals surface area (Å²) in [5, 5.41) is 10.9. The molecule has 0 fully saturated rings. The molecule has 126 valence electrons. The minimum atomic E-state index is -3.84. The van der Waals surface area contributed by atoms with Crippen molar-refractivity contribution in [3.8, 4) is 0 Å². The van der Waals surface area contributed by atoms with Crippen LogP contribution in [0, 0.1) is 17.0 Å². The minimum absolute atomic E-state index is 0.0419. The van der Waals surface area contributed by atoms with Crippen molar-refractivity contribution in [3.63, 3.8) is 0 Å². The van der Waals surface area contributed by atoms with Crippen LogP contribution >= 0.6 is 0 Å². The second-order valence-electron chi connectivity index (χ2n) is 5.97. The highest BCUT2D eigenvalue weighted by atomic mass is 32.2. The Labute approximate surface area is 140 Å². The zero-order valence-electron chi connectivity index (χ0n) is 13.2. The molecule has 0 saturated heterocycles. The van der Waals surface area contributed by atoms with Crippen LogP contribution in [0.1, 0.15) is 35.6 Å². The van der Waals surface area contributed by atoms with Gasteiger partial charge in [-0.1, -0.05) is 30.3 Å². The van der Waals surface area contributed by atoms with Gasteiger partial charge in [0.2, 0.25) is 10.0 Å². The number of rotatable bonds is 4. The highest BCUT2D eigenvalue weighted by molar-refractivity contribution is 7.89. The minimum Gasteiger partial charge on any atom is -0.258 e. The highest BCUT2D eigenvalue weighted by Crippen LogP contribution is 2.31. The largest absolute Gasteiger partial charge is 0.270 e. The van der Waals surface area contributed by atoms with E-state index in [4.69, 9.17) is 0 Å². The first-order chi connectivity index (χ1) is 11.4. The van der Waals surface area contributed by atoms with Crippen LogP contribution in [0.25, 0.3) is 0 Å². The molecule has 1 N–H and O–H groups in total. The molecule has 0 aliphatic heterocycles. The Morgan fingerprint density at radius 3 is 2.71 bits per heavy atom. The summed E-state index contributed by atoms with van der Waals surface area (Å²) in [6.45, 7) is 1.63. The number of hydrogen-bond donors (Lipinski definition) is 1. The third-order valence-electron chi connectivity index (χ3n) is 4.34. The van der Waals surface area contributed by atoms with E-state index < -0.39 is 14.9 Å². The number of nitro groups is 1. The molecule has 0 radical (unpaired) electrons. The average molecular weight is 346 g/mol. The molecule has 0 bridgehead atoms. The molecule has 7 heteroatoms. The fraction of sp³-hybridized carbons (Fsp3) is 0.294. The highest BCUT2D eigenvalue weighted by Gasteiger charge is 2.27. The van der Waals surface area contributed by atoms with Crippen LogP contribution in [0.15, 0.2) is 47.4 Å². The fourth-order valence-corrected chi connectivity index (χ4v) is 4.63. The van der Waals surface area contributed by atoms with Gasteiger partial charge in [-0.25, -0.2) is 13.1 Å². The van der Waals surface area contributed by atoms with E-state index >= 15 is 0 Å². The third-order valence-corrected chi connectivity index (χ3v) is 5.95. The number of non-ortho nitro benzene ring substituents is 1. The first-order valence-corrected chi connectivity index (χ1v) is 9.22. The predicted molar refractivity (Wildman–Crippen MR) is 90.3 cm³/mol. The topological polar surface area (TPSA) is 89.3 Å². The lowest BCUT2D eigenvalue weighted by Crippen LogP contribution is -2.31. The lowest BCUT2D eigenvalue weighted by atomic mass is 9.88. The Kier molecular flexibility index (Phi) is 4.38. The van der Waals surface area contributed by atoms with Crippen LogP contribution in [-0.4, -0.2) is 13.3 Å². The van der Waals surface area contributed by atoms with Gasteiger partial charge in [-0.15, -0.1) is 0 Å². The van der Waals surface area contributed by atoms with E-state index in [-0.39, 0.29) is 16.6 Å². The van der Waals surface area contributed by atoms with Crippen molar-refractivity contribution in [2.24, 2.45) is 0 Å². The van der Waals surface area contributed by atoms with Gasteiger partial charge in [0, 0.05) is 18.2 Å². The average Bonchev–Trinajstić information content (AvgIpc) is 2.55. The van der Waals surface area contributed by atoms with E-state index in [9.17, 15) is 18.5 Å². The maximum Gasteiger partial charge on any atom is 0.270 e. The molecule has 0 amide bonds. The molecule has 6 nitrogen and oxygen atoms in total. The molecule has 0 saturated carbocycles. The molecule has 0 heterocycles. The van der Waals surface area contributed by atoms with E-state index in [1.807, 2.05) is 24.3 Å². The van der Waals surface area contributed by atoms with Gasteiger partial charge >= 0.3 is 0 Å². The van der Waals surface area contributed by atoms with Gasteiger partial charge in [0.1, 0.15) is 0 Å². The molecule has 1 atom stereocenters. The van der Waals surface area contributed by atoms with E-state index in [1.54, 1.807) is 6.92 Å². The van der Waals surface area contributed by atoms with Crippen molar-refractivity contribution in [1.82, 2.24) is 4.72 Å². The summed E-state index contributed by atoms with van der Waals surface area (Å²) in [4.78, 5) is 10.3. The summed E-state index contributed by atoms with van der Waals surface area (Å²) in [6.07, 6.45) is 2.55. The maximum atomic E-state index is 12.8. The van der Waals surface area contributed by atoms with Gasteiger partial charge in [-0.05, 0) is 42.9 Å². The number of hydrogen-bond acceptors (Lipinski definition) is 4. The van der Waals surface area contributed by atoms with Crippen molar-refractivity contribution in [2.45, 2.75) is 37.1 Å². The number of nitrogens with zero attached hydrogens (tertiary/aromatic N) is 1. The fourth-order valence-electron chi connectivity index (χ4n) is 3.12. The molecule has 0 unspecified atom stereocenters. The van der Waals surface area contributed by atoms with Crippen molar-refractivity contribution in [3.05, 3.63) is 69.3 Å². The Morgan fingerprint density at radius 2 is 1.96 bits per heavy atom.